The molecule has 3 saturated carbocycles. The number of hydrogen-bond acceptors (Lipinski definition) is 6. The molecule has 0 heterocycles. The molecule has 0 saturated heterocycles. The molecule has 33 heavy (non-hydrogen) atoms. The summed E-state index contributed by atoms with van der Waals surface area (Å²) in [4.78, 5) is 27.9. The third-order valence-corrected chi connectivity index (χ3v) is 9.73. The van der Waals surface area contributed by atoms with Gasteiger partial charge >= 0.3 is 5.97 Å². The van der Waals surface area contributed by atoms with Crippen molar-refractivity contribution in [1.29, 1.82) is 0 Å². The van der Waals surface area contributed by atoms with E-state index in [2.05, 4.69) is 30.4 Å². The van der Waals surface area contributed by atoms with Crippen LogP contribution in [0.25, 0.3) is 0 Å². The number of carboxylic acids is 1. The van der Waals surface area contributed by atoms with E-state index in [0.29, 0.717) is 17.8 Å². The van der Waals surface area contributed by atoms with Crippen LogP contribution in [0, 0.1) is 28.6 Å². The molecule has 0 aromatic carbocycles. The van der Waals surface area contributed by atoms with Crippen LogP contribution in [0.5, 0.6) is 0 Å². The summed E-state index contributed by atoms with van der Waals surface area (Å²) in [7, 11) is 0. The molecular weight excluding hydrogens is 424 g/mol. The number of aliphatic hydroxyl groups excluding tert-OH is 1. The van der Waals surface area contributed by atoms with Gasteiger partial charge in [-0.15, -0.1) is 0 Å². The Bertz CT molecular complexity index is 867. The van der Waals surface area contributed by atoms with Crippen LogP contribution in [0.4, 0.5) is 0 Å². The first kappa shape index (κ1) is 24.2. The van der Waals surface area contributed by atoms with Gasteiger partial charge in [0, 0.05) is 0 Å². The van der Waals surface area contributed by atoms with E-state index in [0.717, 1.165) is 57.1 Å². The Morgan fingerprint density at radius 1 is 1.15 bits per heavy atom. The number of rotatable bonds is 6. The van der Waals surface area contributed by atoms with E-state index >= 15 is 0 Å². The molecule has 4 N–H and O–H groups in total. The summed E-state index contributed by atoms with van der Waals surface area (Å²) in [5.74, 6) is -0.0492. The summed E-state index contributed by atoms with van der Waals surface area (Å²) in [6.45, 7) is 5.68. The van der Waals surface area contributed by atoms with E-state index in [-0.39, 0.29) is 10.8 Å². The van der Waals surface area contributed by atoms with Gasteiger partial charge in [0.15, 0.2) is 6.61 Å². The zero-order valence-corrected chi connectivity index (χ0v) is 20.0. The molecular formula is C25H38N2O6. The largest absolute Gasteiger partial charge is 0.480 e. The summed E-state index contributed by atoms with van der Waals surface area (Å²) in [5.41, 5.74) is 1.84. The Morgan fingerprint density at radius 2 is 1.88 bits per heavy atom. The lowest BCUT2D eigenvalue weighted by Gasteiger charge is -2.59. The van der Waals surface area contributed by atoms with E-state index in [9.17, 15) is 14.7 Å². The summed E-state index contributed by atoms with van der Waals surface area (Å²) >= 11 is 0. The van der Waals surface area contributed by atoms with E-state index in [1.54, 1.807) is 0 Å². The first-order valence-corrected chi connectivity index (χ1v) is 12.3. The average Bonchev–Trinajstić information content (AvgIpc) is 3.01. The molecule has 4 rings (SSSR count). The molecule has 0 bridgehead atoms. The molecule has 7 atom stereocenters. The molecule has 0 radical (unpaired) electrons. The minimum absolute atomic E-state index is 0.0249. The molecule has 0 aromatic rings. The normalized spacial score (nSPS) is 41.9. The highest BCUT2D eigenvalue weighted by Crippen LogP contribution is 2.67. The fourth-order valence-corrected chi connectivity index (χ4v) is 7.48. The first-order valence-electron chi connectivity index (χ1n) is 12.3. The molecule has 0 spiro atoms. The monoisotopic (exact) mass is 462 g/mol. The number of oxime groups is 1. The van der Waals surface area contributed by atoms with Gasteiger partial charge in [0.05, 0.1) is 17.9 Å². The van der Waals surface area contributed by atoms with E-state index in [1.807, 2.05) is 6.92 Å². The van der Waals surface area contributed by atoms with Crippen molar-refractivity contribution in [3.63, 3.8) is 0 Å². The van der Waals surface area contributed by atoms with Crippen LogP contribution in [-0.2, 0) is 14.4 Å². The van der Waals surface area contributed by atoms with Gasteiger partial charge in [-0.2, -0.15) is 0 Å². The van der Waals surface area contributed by atoms with Crippen LogP contribution >= 0.6 is 0 Å². The third kappa shape index (κ3) is 4.09. The lowest BCUT2D eigenvalue weighted by molar-refractivity contribution is -0.143. The van der Waals surface area contributed by atoms with Gasteiger partial charge in [-0.05, 0) is 93.0 Å². The molecule has 4 aliphatic rings. The van der Waals surface area contributed by atoms with Gasteiger partial charge in [-0.1, -0.05) is 24.6 Å². The van der Waals surface area contributed by atoms with Crippen LogP contribution in [0.2, 0.25) is 0 Å². The maximum atomic E-state index is 11.8. The standard InChI is InChI=1S/C25H38N2O6/c1-23-9-6-16(27-33-14-21(29)26-20(13-28)22(30)31)12-15(23)4-5-17-18(23)7-10-24(2)19(17)8-11-25(24,3)32/h12,17-20,28,32H,4-11,13-14H2,1-3H3,(H,26,29)(H,30,31)/b27-16-/t17-,18+,19+,20+,23+,24+,25+/m1/s1. The maximum Gasteiger partial charge on any atom is 0.328 e. The fraction of sp³-hybridized carbons (Fsp3) is 0.800. The van der Waals surface area contributed by atoms with Gasteiger partial charge < -0.3 is 25.5 Å². The number of nitrogens with zero attached hydrogens (tertiary/aromatic N) is 1. The van der Waals surface area contributed by atoms with E-state index < -0.39 is 36.7 Å². The number of carbonyl (C=O) groups is 2. The molecule has 4 aliphatic carbocycles. The zero-order valence-electron chi connectivity index (χ0n) is 20.0. The number of hydrogen-bond donors (Lipinski definition) is 4. The van der Waals surface area contributed by atoms with Crippen LogP contribution in [0.15, 0.2) is 16.8 Å². The SMILES string of the molecule is C[C@]12CC/C(=N/OCC(=O)N[C@@H](CO)C(=O)O)C=C1CC[C@@H]1[C@@H]2CC[C@@]2(C)[C@H]1CC[C@]2(C)O. The molecule has 3 fully saturated rings. The van der Waals surface area contributed by atoms with Crippen molar-refractivity contribution in [3.05, 3.63) is 11.6 Å². The van der Waals surface area contributed by atoms with E-state index in [4.69, 9.17) is 15.1 Å². The van der Waals surface area contributed by atoms with Crippen molar-refractivity contribution < 1.29 is 29.7 Å². The quantitative estimate of drug-likeness (QED) is 0.449. The minimum Gasteiger partial charge on any atom is -0.480 e. The smallest absolute Gasteiger partial charge is 0.328 e. The highest BCUT2D eigenvalue weighted by molar-refractivity contribution is 5.96. The Labute approximate surface area is 195 Å². The second-order valence-electron chi connectivity index (χ2n) is 11.3. The second kappa shape index (κ2) is 8.69. The molecule has 8 heteroatoms. The Balaban J connectivity index is 1.41. The van der Waals surface area contributed by atoms with Crippen LogP contribution in [0.3, 0.4) is 0 Å². The topological polar surface area (TPSA) is 128 Å². The van der Waals surface area contributed by atoms with Crippen molar-refractivity contribution >= 4 is 17.6 Å². The summed E-state index contributed by atoms with van der Waals surface area (Å²) in [5, 5.41) is 35.3. The lowest BCUT2D eigenvalue weighted by Crippen LogP contribution is -2.53. The molecule has 0 unspecified atom stereocenters. The van der Waals surface area contributed by atoms with Crippen LogP contribution in [-0.4, -0.2) is 57.8 Å². The molecule has 8 nitrogen and oxygen atoms in total. The highest BCUT2D eigenvalue weighted by Gasteiger charge is 2.62. The minimum atomic E-state index is -1.35. The zero-order chi connectivity index (χ0) is 24.0. The predicted molar refractivity (Wildman–Crippen MR) is 122 cm³/mol. The molecule has 0 aromatic heterocycles. The van der Waals surface area contributed by atoms with Crippen molar-refractivity contribution in [2.75, 3.05) is 13.2 Å². The number of nitrogens with one attached hydrogen (secondary N) is 1. The Kier molecular flexibility index (Phi) is 6.37. The summed E-state index contributed by atoms with van der Waals surface area (Å²) in [6.07, 6.45) is 10.4. The maximum absolute atomic E-state index is 11.8. The first-order chi connectivity index (χ1) is 15.5. The Hall–Kier alpha value is -1.93. The van der Waals surface area contributed by atoms with Gasteiger partial charge in [0.1, 0.15) is 6.04 Å². The molecule has 1 amide bonds. The van der Waals surface area contributed by atoms with Crippen molar-refractivity contribution in [2.45, 2.75) is 83.8 Å². The highest BCUT2D eigenvalue weighted by atomic mass is 16.6. The molecule has 184 valence electrons. The Morgan fingerprint density at radius 3 is 2.58 bits per heavy atom. The fourth-order valence-electron chi connectivity index (χ4n) is 7.48. The summed E-state index contributed by atoms with van der Waals surface area (Å²) < 4.78 is 0. The van der Waals surface area contributed by atoms with Gasteiger partial charge in [0.25, 0.3) is 5.91 Å². The number of allylic oxidation sites excluding steroid dienone is 2. The average molecular weight is 463 g/mol. The number of fused-ring (bicyclic) bond motifs is 5. The number of carboxylic acid groups (broad SMARTS) is 1. The van der Waals surface area contributed by atoms with Gasteiger partial charge in [-0.3, -0.25) is 4.79 Å². The molecule has 0 aliphatic heterocycles. The van der Waals surface area contributed by atoms with Crippen molar-refractivity contribution in [2.24, 2.45) is 33.7 Å². The predicted octanol–water partition coefficient (Wildman–Crippen LogP) is 2.63. The lowest BCUT2D eigenvalue weighted by atomic mass is 9.46. The van der Waals surface area contributed by atoms with Crippen molar-refractivity contribution in [3.8, 4) is 0 Å². The number of carbonyl (C=O) groups excluding carboxylic acids is 1. The van der Waals surface area contributed by atoms with Crippen molar-refractivity contribution in [1.82, 2.24) is 5.32 Å². The third-order valence-electron chi connectivity index (χ3n) is 9.73. The van der Waals surface area contributed by atoms with Crippen LogP contribution in [0.1, 0.15) is 72.1 Å². The van der Waals surface area contributed by atoms with Gasteiger partial charge in [-0.25, -0.2) is 4.79 Å². The van der Waals surface area contributed by atoms with Gasteiger partial charge in [0.2, 0.25) is 0 Å². The summed E-state index contributed by atoms with van der Waals surface area (Å²) in [6, 6.07) is -1.35. The van der Waals surface area contributed by atoms with E-state index in [1.165, 1.54) is 5.57 Å². The number of aliphatic hydroxyl groups is 2. The number of amides is 1. The number of aliphatic carboxylic acids is 1. The van der Waals surface area contributed by atoms with Crippen LogP contribution < -0.4 is 5.32 Å². The second-order valence-corrected chi connectivity index (χ2v) is 11.3.